The van der Waals surface area contributed by atoms with Gasteiger partial charge in [-0.15, -0.1) is 0 Å². The van der Waals surface area contributed by atoms with Crippen molar-refractivity contribution in [3.63, 3.8) is 0 Å². The number of hydrogen-bond acceptors (Lipinski definition) is 3. The Morgan fingerprint density at radius 3 is 2.21 bits per heavy atom. The normalized spacial score (nSPS) is 14.6. The second-order valence-electron chi connectivity index (χ2n) is 5.70. The molecule has 108 valence electrons. The van der Waals surface area contributed by atoms with Gasteiger partial charge < -0.3 is 15.6 Å². The Hall–Kier alpha value is -1.06. The second-order valence-corrected chi connectivity index (χ2v) is 5.70. The molecule has 0 bridgehead atoms. The Bertz CT molecular complexity index is 441. The molecule has 1 aromatic carbocycles. The molecule has 1 rings (SSSR count). The van der Waals surface area contributed by atoms with Crippen LogP contribution in [0.5, 0.6) is 5.75 Å². The molecular weight excluding hydrogens is 238 g/mol. The van der Waals surface area contributed by atoms with Crippen molar-refractivity contribution in [2.45, 2.75) is 40.7 Å². The fraction of sp³-hybridized carbons (Fsp3) is 0.625. The molecule has 0 aliphatic rings. The topological polar surface area (TPSA) is 55.5 Å². The zero-order valence-electron chi connectivity index (χ0n) is 12.9. The predicted molar refractivity (Wildman–Crippen MR) is 79.5 cm³/mol. The zero-order chi connectivity index (χ0) is 14.7. The first-order valence-corrected chi connectivity index (χ1v) is 6.86. The van der Waals surface area contributed by atoms with Crippen molar-refractivity contribution in [2.75, 3.05) is 13.7 Å². The fourth-order valence-corrected chi connectivity index (χ4v) is 2.70. The fourth-order valence-electron chi connectivity index (χ4n) is 2.70. The number of ether oxygens (including phenoxy) is 1. The van der Waals surface area contributed by atoms with Gasteiger partial charge in [0.1, 0.15) is 5.75 Å². The summed E-state index contributed by atoms with van der Waals surface area (Å²) in [5, 5.41) is 9.59. The van der Waals surface area contributed by atoms with Crippen LogP contribution in [0.2, 0.25) is 0 Å². The summed E-state index contributed by atoms with van der Waals surface area (Å²) in [6, 6.07) is 1.93. The summed E-state index contributed by atoms with van der Waals surface area (Å²) in [6.45, 7) is 10.4. The van der Waals surface area contributed by atoms with Gasteiger partial charge in [0.25, 0.3) is 0 Å². The van der Waals surface area contributed by atoms with E-state index in [0.717, 1.165) is 22.4 Å². The van der Waals surface area contributed by atoms with E-state index in [-0.39, 0.29) is 18.6 Å². The monoisotopic (exact) mass is 265 g/mol. The van der Waals surface area contributed by atoms with Gasteiger partial charge in [0.05, 0.1) is 7.11 Å². The van der Waals surface area contributed by atoms with Crippen LogP contribution >= 0.6 is 0 Å². The summed E-state index contributed by atoms with van der Waals surface area (Å²) in [5.41, 5.74) is 10.9. The lowest BCUT2D eigenvalue weighted by molar-refractivity contribution is 0.164. The Kier molecular flexibility index (Phi) is 5.39. The molecule has 2 atom stereocenters. The highest BCUT2D eigenvalue weighted by molar-refractivity contribution is 5.51. The van der Waals surface area contributed by atoms with E-state index in [1.807, 2.05) is 6.92 Å². The molecule has 0 aliphatic carbocycles. The summed E-state index contributed by atoms with van der Waals surface area (Å²) in [6.07, 6.45) is 0. The molecule has 3 N–H and O–H groups in total. The van der Waals surface area contributed by atoms with Crippen molar-refractivity contribution < 1.29 is 9.84 Å². The molecule has 0 aliphatic heterocycles. The lowest BCUT2D eigenvalue weighted by Crippen LogP contribution is -2.29. The third kappa shape index (κ3) is 3.10. The van der Waals surface area contributed by atoms with E-state index in [9.17, 15) is 5.11 Å². The molecule has 0 aromatic heterocycles. The maximum absolute atomic E-state index is 9.59. The van der Waals surface area contributed by atoms with Gasteiger partial charge in [0.2, 0.25) is 0 Å². The summed E-state index contributed by atoms with van der Waals surface area (Å²) in [5.74, 6) is 1.23. The number of benzene rings is 1. The molecule has 0 fully saturated rings. The quantitative estimate of drug-likeness (QED) is 0.860. The highest BCUT2D eigenvalue weighted by Gasteiger charge is 2.27. The molecule has 2 unspecified atom stereocenters. The van der Waals surface area contributed by atoms with E-state index in [0.29, 0.717) is 5.92 Å². The highest BCUT2D eigenvalue weighted by Crippen LogP contribution is 2.37. The molecule has 3 nitrogen and oxygen atoms in total. The number of methoxy groups -OCH3 is 1. The van der Waals surface area contributed by atoms with E-state index in [4.69, 9.17) is 10.5 Å². The first kappa shape index (κ1) is 16.0. The minimum Gasteiger partial charge on any atom is -0.496 e. The van der Waals surface area contributed by atoms with Gasteiger partial charge in [-0.25, -0.2) is 0 Å². The molecule has 3 heteroatoms. The number of rotatable bonds is 5. The minimum atomic E-state index is -0.209. The third-order valence-electron chi connectivity index (χ3n) is 4.10. The molecule has 0 heterocycles. The molecule has 0 amide bonds. The van der Waals surface area contributed by atoms with E-state index >= 15 is 0 Å². The molecule has 0 saturated carbocycles. The first-order chi connectivity index (χ1) is 8.84. The SMILES string of the molecule is COc1c(C)c(C)cc(C)c1C(N)C(CO)C(C)C. The van der Waals surface area contributed by atoms with Crippen LogP contribution in [0.15, 0.2) is 6.07 Å². The number of aliphatic hydroxyl groups is 1. The molecule has 1 aromatic rings. The van der Waals surface area contributed by atoms with Gasteiger partial charge >= 0.3 is 0 Å². The van der Waals surface area contributed by atoms with E-state index in [1.54, 1.807) is 7.11 Å². The number of aliphatic hydroxyl groups excluding tert-OH is 1. The number of hydrogen-bond donors (Lipinski definition) is 2. The van der Waals surface area contributed by atoms with Crippen molar-refractivity contribution in [1.29, 1.82) is 0 Å². The van der Waals surface area contributed by atoms with Crippen LogP contribution < -0.4 is 10.5 Å². The molecule has 19 heavy (non-hydrogen) atoms. The van der Waals surface area contributed by atoms with Crippen LogP contribution in [0.25, 0.3) is 0 Å². The molecule has 0 saturated heterocycles. The second kappa shape index (κ2) is 6.40. The van der Waals surface area contributed by atoms with E-state index < -0.39 is 0 Å². The Morgan fingerprint density at radius 1 is 1.21 bits per heavy atom. The predicted octanol–water partition coefficient (Wildman–Crippen LogP) is 2.88. The van der Waals surface area contributed by atoms with Crippen LogP contribution in [0.1, 0.15) is 42.1 Å². The van der Waals surface area contributed by atoms with Crippen molar-refractivity contribution >= 4 is 0 Å². The van der Waals surface area contributed by atoms with E-state index in [1.165, 1.54) is 5.56 Å². The Balaban J connectivity index is 3.37. The van der Waals surface area contributed by atoms with Crippen LogP contribution in [0.3, 0.4) is 0 Å². The maximum Gasteiger partial charge on any atom is 0.127 e. The lowest BCUT2D eigenvalue weighted by Gasteiger charge is -2.29. The van der Waals surface area contributed by atoms with Crippen LogP contribution in [0.4, 0.5) is 0 Å². The summed E-state index contributed by atoms with van der Waals surface area (Å²) < 4.78 is 5.57. The lowest BCUT2D eigenvalue weighted by atomic mass is 9.82. The Morgan fingerprint density at radius 2 is 1.79 bits per heavy atom. The summed E-state index contributed by atoms with van der Waals surface area (Å²) >= 11 is 0. The van der Waals surface area contributed by atoms with Gasteiger partial charge in [-0.05, 0) is 43.4 Å². The number of nitrogens with two attached hydrogens (primary N) is 1. The van der Waals surface area contributed by atoms with Crippen molar-refractivity contribution in [2.24, 2.45) is 17.6 Å². The highest BCUT2D eigenvalue weighted by atomic mass is 16.5. The standard InChI is InChI=1S/C16H27NO2/c1-9(2)13(8-18)15(17)14-11(4)7-10(3)12(5)16(14)19-6/h7,9,13,15,18H,8,17H2,1-6H3. The van der Waals surface area contributed by atoms with E-state index in [2.05, 4.69) is 33.8 Å². The minimum absolute atomic E-state index is 0.0368. The van der Waals surface area contributed by atoms with Crippen LogP contribution in [-0.4, -0.2) is 18.8 Å². The zero-order valence-corrected chi connectivity index (χ0v) is 12.9. The van der Waals surface area contributed by atoms with Crippen molar-refractivity contribution in [3.8, 4) is 5.75 Å². The molecule has 0 spiro atoms. The van der Waals surface area contributed by atoms with Crippen LogP contribution in [0, 0.1) is 32.6 Å². The van der Waals surface area contributed by atoms with Gasteiger partial charge in [-0.1, -0.05) is 19.9 Å². The summed E-state index contributed by atoms with van der Waals surface area (Å²) in [7, 11) is 1.68. The first-order valence-electron chi connectivity index (χ1n) is 6.86. The Labute approximate surface area is 116 Å². The molecular formula is C16H27NO2. The van der Waals surface area contributed by atoms with Gasteiger partial charge in [-0.3, -0.25) is 0 Å². The average Bonchev–Trinajstić information content (AvgIpc) is 2.33. The average molecular weight is 265 g/mol. The number of aryl methyl sites for hydroxylation is 2. The summed E-state index contributed by atoms with van der Waals surface area (Å²) in [4.78, 5) is 0. The van der Waals surface area contributed by atoms with Crippen molar-refractivity contribution in [3.05, 3.63) is 28.3 Å². The van der Waals surface area contributed by atoms with Gasteiger partial charge in [-0.2, -0.15) is 0 Å². The largest absolute Gasteiger partial charge is 0.496 e. The molecule has 0 radical (unpaired) electrons. The van der Waals surface area contributed by atoms with Gasteiger partial charge in [0, 0.05) is 24.1 Å². The maximum atomic E-state index is 9.59. The van der Waals surface area contributed by atoms with Crippen molar-refractivity contribution in [1.82, 2.24) is 0 Å². The van der Waals surface area contributed by atoms with Gasteiger partial charge in [0.15, 0.2) is 0 Å². The smallest absolute Gasteiger partial charge is 0.127 e. The van der Waals surface area contributed by atoms with Crippen LogP contribution in [-0.2, 0) is 0 Å². The third-order valence-corrected chi connectivity index (χ3v) is 4.10.